The van der Waals surface area contributed by atoms with Crippen LogP contribution in [0.3, 0.4) is 0 Å². The van der Waals surface area contributed by atoms with Crippen LogP contribution in [0.25, 0.3) is 0 Å². The Bertz CT molecular complexity index is 577. The maximum absolute atomic E-state index is 13.2. The summed E-state index contributed by atoms with van der Waals surface area (Å²) >= 11 is 3.41. The van der Waals surface area contributed by atoms with Crippen molar-refractivity contribution >= 4 is 15.9 Å². The van der Waals surface area contributed by atoms with Crippen LogP contribution in [0.15, 0.2) is 47.2 Å². The third-order valence-electron chi connectivity index (χ3n) is 3.19. The number of benzene rings is 1. The highest BCUT2D eigenvalue weighted by molar-refractivity contribution is 9.10. The highest BCUT2D eigenvalue weighted by Crippen LogP contribution is 2.22. The van der Waals surface area contributed by atoms with E-state index in [1.165, 1.54) is 6.07 Å². The Hall–Kier alpha value is -1.30. The van der Waals surface area contributed by atoms with Crippen molar-refractivity contribution < 1.29 is 4.39 Å². The summed E-state index contributed by atoms with van der Waals surface area (Å²) in [5.74, 6) is -0.218. The van der Waals surface area contributed by atoms with Gasteiger partial charge in [0, 0.05) is 36.0 Å². The van der Waals surface area contributed by atoms with Gasteiger partial charge < -0.3 is 5.73 Å². The first-order chi connectivity index (χ1) is 9.60. The Morgan fingerprint density at radius 2 is 2.15 bits per heavy atom. The van der Waals surface area contributed by atoms with Gasteiger partial charge >= 0.3 is 0 Å². The molecule has 0 fully saturated rings. The number of hydrogen-bond acceptors (Lipinski definition) is 3. The molecule has 2 N–H and O–H groups in total. The molecular formula is C15H17BrFN3. The Morgan fingerprint density at radius 3 is 2.80 bits per heavy atom. The van der Waals surface area contributed by atoms with Gasteiger partial charge in [0.1, 0.15) is 5.82 Å². The molecule has 0 aliphatic rings. The van der Waals surface area contributed by atoms with E-state index in [-0.39, 0.29) is 11.9 Å². The van der Waals surface area contributed by atoms with Gasteiger partial charge in [0.05, 0.1) is 0 Å². The molecule has 0 spiro atoms. The smallest absolute Gasteiger partial charge is 0.123 e. The van der Waals surface area contributed by atoms with Crippen molar-refractivity contribution in [3.63, 3.8) is 0 Å². The average Bonchev–Trinajstić information content (AvgIpc) is 2.39. The highest BCUT2D eigenvalue weighted by atomic mass is 79.9. The van der Waals surface area contributed by atoms with Gasteiger partial charge in [-0.1, -0.05) is 12.1 Å². The molecule has 20 heavy (non-hydrogen) atoms. The number of rotatable bonds is 5. The molecule has 0 saturated heterocycles. The van der Waals surface area contributed by atoms with Crippen molar-refractivity contribution in [2.24, 2.45) is 5.73 Å². The highest BCUT2D eigenvalue weighted by Gasteiger charge is 2.16. The fourth-order valence-electron chi connectivity index (χ4n) is 2.21. The molecule has 1 aromatic heterocycles. The lowest BCUT2D eigenvalue weighted by Crippen LogP contribution is -2.30. The zero-order valence-corrected chi connectivity index (χ0v) is 12.8. The third kappa shape index (κ3) is 3.85. The van der Waals surface area contributed by atoms with E-state index < -0.39 is 0 Å². The molecule has 0 bridgehead atoms. The van der Waals surface area contributed by atoms with Gasteiger partial charge in [-0.15, -0.1) is 0 Å². The van der Waals surface area contributed by atoms with Crippen LogP contribution >= 0.6 is 15.9 Å². The Labute approximate surface area is 126 Å². The summed E-state index contributed by atoms with van der Waals surface area (Å²) < 4.78 is 14.1. The predicted molar refractivity (Wildman–Crippen MR) is 81.6 cm³/mol. The van der Waals surface area contributed by atoms with Crippen LogP contribution in [-0.2, 0) is 6.54 Å². The molecule has 2 rings (SSSR count). The first kappa shape index (κ1) is 15.1. The van der Waals surface area contributed by atoms with Gasteiger partial charge in [0.2, 0.25) is 0 Å². The Morgan fingerprint density at radius 1 is 1.35 bits per heavy atom. The number of pyridine rings is 1. The average molecular weight is 338 g/mol. The summed E-state index contributed by atoms with van der Waals surface area (Å²) in [6.45, 7) is 1.11. The number of aromatic nitrogens is 1. The van der Waals surface area contributed by atoms with E-state index in [1.54, 1.807) is 18.3 Å². The second-order valence-corrected chi connectivity index (χ2v) is 5.65. The zero-order valence-electron chi connectivity index (χ0n) is 11.3. The molecule has 0 saturated carbocycles. The van der Waals surface area contributed by atoms with E-state index in [2.05, 4.69) is 25.8 Å². The van der Waals surface area contributed by atoms with Gasteiger partial charge in [-0.2, -0.15) is 0 Å². The molecule has 0 amide bonds. The van der Waals surface area contributed by atoms with Gasteiger partial charge in [0.15, 0.2) is 0 Å². The van der Waals surface area contributed by atoms with Crippen LogP contribution < -0.4 is 5.73 Å². The van der Waals surface area contributed by atoms with E-state index >= 15 is 0 Å². The van der Waals surface area contributed by atoms with Gasteiger partial charge in [-0.3, -0.25) is 9.88 Å². The minimum atomic E-state index is -0.218. The van der Waals surface area contributed by atoms with E-state index in [4.69, 9.17) is 5.73 Å². The maximum Gasteiger partial charge on any atom is 0.123 e. The molecule has 1 aromatic carbocycles. The molecule has 0 radical (unpaired) electrons. The van der Waals surface area contributed by atoms with Gasteiger partial charge in [-0.25, -0.2) is 4.39 Å². The third-order valence-corrected chi connectivity index (χ3v) is 3.62. The van der Waals surface area contributed by atoms with E-state index in [0.717, 1.165) is 15.6 Å². The largest absolute Gasteiger partial charge is 0.329 e. The van der Waals surface area contributed by atoms with E-state index in [0.29, 0.717) is 13.1 Å². The van der Waals surface area contributed by atoms with Gasteiger partial charge in [0.25, 0.3) is 0 Å². The van der Waals surface area contributed by atoms with E-state index in [1.807, 2.05) is 25.4 Å². The maximum atomic E-state index is 13.2. The molecule has 1 unspecified atom stereocenters. The number of nitrogens with two attached hydrogens (primary N) is 1. The van der Waals surface area contributed by atoms with Crippen molar-refractivity contribution in [1.29, 1.82) is 0 Å². The Balaban J connectivity index is 2.15. The number of likely N-dealkylation sites (N-methyl/N-ethyl adjacent to an activating group) is 1. The van der Waals surface area contributed by atoms with Crippen LogP contribution in [0, 0.1) is 5.82 Å². The van der Waals surface area contributed by atoms with Crippen molar-refractivity contribution in [1.82, 2.24) is 9.88 Å². The summed E-state index contributed by atoms with van der Waals surface area (Å²) in [6, 6.07) is 8.67. The fourth-order valence-corrected chi connectivity index (χ4v) is 2.60. The number of hydrogen-bond donors (Lipinski definition) is 1. The zero-order chi connectivity index (χ0) is 14.5. The lowest BCUT2D eigenvalue weighted by molar-refractivity contribution is 0.241. The quantitative estimate of drug-likeness (QED) is 0.911. The molecule has 106 valence electrons. The number of halogens is 2. The standard InChI is InChI=1S/C15H17BrFN3/c1-20(10-11-3-2-4-14(17)5-11)15(7-18)12-6-13(16)9-19-8-12/h2-6,8-9,15H,7,10,18H2,1H3. The summed E-state index contributed by atoms with van der Waals surface area (Å²) in [5, 5.41) is 0. The summed E-state index contributed by atoms with van der Waals surface area (Å²) in [5.41, 5.74) is 7.85. The SMILES string of the molecule is CN(Cc1cccc(F)c1)C(CN)c1cncc(Br)c1. The van der Waals surface area contributed by atoms with Crippen LogP contribution in [0.5, 0.6) is 0 Å². The predicted octanol–water partition coefficient (Wildman–Crippen LogP) is 3.12. The molecule has 0 aliphatic carbocycles. The molecule has 3 nitrogen and oxygen atoms in total. The number of nitrogens with zero attached hydrogens (tertiary/aromatic N) is 2. The van der Waals surface area contributed by atoms with Crippen molar-refractivity contribution in [3.8, 4) is 0 Å². The molecule has 1 heterocycles. The fraction of sp³-hybridized carbons (Fsp3) is 0.267. The van der Waals surface area contributed by atoms with E-state index in [9.17, 15) is 4.39 Å². The van der Waals surface area contributed by atoms with Crippen LogP contribution in [0.4, 0.5) is 4.39 Å². The molecule has 0 aliphatic heterocycles. The van der Waals surface area contributed by atoms with Crippen LogP contribution in [-0.4, -0.2) is 23.5 Å². The molecule has 2 aromatic rings. The minimum Gasteiger partial charge on any atom is -0.329 e. The topological polar surface area (TPSA) is 42.1 Å². The van der Waals surface area contributed by atoms with Gasteiger partial charge in [-0.05, 0) is 52.3 Å². The summed E-state index contributed by atoms with van der Waals surface area (Å²) in [7, 11) is 1.98. The first-order valence-corrected chi connectivity index (χ1v) is 7.14. The summed E-state index contributed by atoms with van der Waals surface area (Å²) in [6.07, 6.45) is 3.55. The lowest BCUT2D eigenvalue weighted by atomic mass is 10.1. The van der Waals surface area contributed by atoms with Crippen molar-refractivity contribution in [2.75, 3.05) is 13.6 Å². The van der Waals surface area contributed by atoms with Crippen LogP contribution in [0.2, 0.25) is 0 Å². The minimum absolute atomic E-state index is 0.0447. The normalized spacial score (nSPS) is 12.7. The lowest BCUT2D eigenvalue weighted by Gasteiger charge is -2.27. The van der Waals surface area contributed by atoms with Crippen molar-refractivity contribution in [3.05, 3.63) is 64.1 Å². The second kappa shape index (κ2) is 6.92. The first-order valence-electron chi connectivity index (χ1n) is 6.35. The van der Waals surface area contributed by atoms with Crippen LogP contribution in [0.1, 0.15) is 17.2 Å². The van der Waals surface area contributed by atoms with Crippen molar-refractivity contribution in [2.45, 2.75) is 12.6 Å². The molecule has 1 atom stereocenters. The molecular weight excluding hydrogens is 321 g/mol. The summed E-state index contributed by atoms with van der Waals surface area (Å²) in [4.78, 5) is 6.26. The Kier molecular flexibility index (Phi) is 5.23. The second-order valence-electron chi connectivity index (χ2n) is 4.73. The molecule has 5 heteroatoms. The monoisotopic (exact) mass is 337 g/mol.